The smallest absolute Gasteiger partial charge is 0.329 e. The summed E-state index contributed by atoms with van der Waals surface area (Å²) in [4.78, 5) is 24.8. The van der Waals surface area contributed by atoms with Gasteiger partial charge in [-0.3, -0.25) is 0 Å². The monoisotopic (exact) mass is 240 g/mol. The lowest BCUT2D eigenvalue weighted by atomic mass is 9.91. The molecule has 0 aromatic heterocycles. The second-order valence-electron chi connectivity index (χ2n) is 4.32. The first-order chi connectivity index (χ1) is 8.08. The minimum Gasteiger partial charge on any atom is -0.479 e. The van der Waals surface area contributed by atoms with E-state index in [0.29, 0.717) is 25.9 Å². The minimum absolute atomic E-state index is 0.307. The topological polar surface area (TPSA) is 69.6 Å². The fraction of sp³-hybridized carbons (Fsp3) is 0.667. The number of urea groups is 1. The molecule has 5 heteroatoms. The maximum atomic E-state index is 11.9. The largest absolute Gasteiger partial charge is 0.479 e. The van der Waals surface area contributed by atoms with Gasteiger partial charge in [0.1, 0.15) is 5.54 Å². The first kappa shape index (κ1) is 13.5. The number of carboxylic acid groups (broad SMARTS) is 1. The molecule has 1 fully saturated rings. The highest BCUT2D eigenvalue weighted by Crippen LogP contribution is 2.33. The Morgan fingerprint density at radius 2 is 2.29 bits per heavy atom. The molecule has 1 aliphatic rings. The Bertz CT molecular complexity index is 317. The van der Waals surface area contributed by atoms with Crippen LogP contribution in [0, 0.1) is 0 Å². The van der Waals surface area contributed by atoms with Crippen LogP contribution in [-0.4, -0.2) is 40.6 Å². The maximum absolute atomic E-state index is 11.9. The molecule has 1 rings (SSSR count). The summed E-state index contributed by atoms with van der Waals surface area (Å²) in [5.74, 6) is -0.898. The summed E-state index contributed by atoms with van der Waals surface area (Å²) in [6.45, 7) is 6.32. The zero-order valence-electron chi connectivity index (χ0n) is 10.2. The molecule has 0 aliphatic carbocycles. The highest BCUT2D eigenvalue weighted by molar-refractivity contribution is 5.87. The van der Waals surface area contributed by atoms with Crippen molar-refractivity contribution in [3.63, 3.8) is 0 Å². The van der Waals surface area contributed by atoms with E-state index in [1.165, 1.54) is 4.90 Å². The molecule has 1 heterocycles. The summed E-state index contributed by atoms with van der Waals surface area (Å²) >= 11 is 0. The lowest BCUT2D eigenvalue weighted by Gasteiger charge is -2.34. The van der Waals surface area contributed by atoms with Crippen LogP contribution in [0.2, 0.25) is 0 Å². The molecular weight excluding hydrogens is 220 g/mol. The van der Waals surface area contributed by atoms with Crippen molar-refractivity contribution in [2.45, 2.75) is 38.1 Å². The Balaban J connectivity index is 2.84. The van der Waals surface area contributed by atoms with Gasteiger partial charge in [-0.15, -0.1) is 6.58 Å². The number of nitrogens with one attached hydrogen (secondary N) is 1. The highest BCUT2D eigenvalue weighted by Gasteiger charge is 2.49. The Morgan fingerprint density at radius 1 is 1.59 bits per heavy atom. The third kappa shape index (κ3) is 2.60. The fourth-order valence-corrected chi connectivity index (χ4v) is 2.43. The van der Waals surface area contributed by atoms with E-state index in [-0.39, 0.29) is 6.03 Å². The molecule has 2 N–H and O–H groups in total. The molecule has 1 unspecified atom stereocenters. The Labute approximate surface area is 101 Å². The van der Waals surface area contributed by atoms with E-state index < -0.39 is 11.5 Å². The molecule has 1 saturated heterocycles. The molecule has 96 valence electrons. The SMILES string of the molecule is C=CCNC(=O)N1CCCC1(CCC)C(=O)O. The summed E-state index contributed by atoms with van der Waals surface area (Å²) in [5.41, 5.74) is -1.01. The second-order valence-corrected chi connectivity index (χ2v) is 4.32. The number of nitrogens with zero attached hydrogens (tertiary/aromatic N) is 1. The second kappa shape index (κ2) is 5.70. The van der Waals surface area contributed by atoms with Gasteiger partial charge in [-0.25, -0.2) is 9.59 Å². The Morgan fingerprint density at radius 3 is 2.82 bits per heavy atom. The molecule has 0 aromatic carbocycles. The molecule has 0 bridgehead atoms. The van der Waals surface area contributed by atoms with Crippen LogP contribution in [0.1, 0.15) is 32.6 Å². The average molecular weight is 240 g/mol. The van der Waals surface area contributed by atoms with Gasteiger partial charge in [0.25, 0.3) is 0 Å². The molecule has 1 aliphatic heterocycles. The molecule has 1 atom stereocenters. The van der Waals surface area contributed by atoms with Crippen molar-refractivity contribution in [2.75, 3.05) is 13.1 Å². The van der Waals surface area contributed by atoms with Gasteiger partial charge < -0.3 is 15.3 Å². The van der Waals surface area contributed by atoms with Gasteiger partial charge in [0, 0.05) is 13.1 Å². The molecule has 0 aromatic rings. The predicted octanol–water partition coefficient (Wildman–Crippen LogP) is 1.60. The highest BCUT2D eigenvalue weighted by atomic mass is 16.4. The van der Waals surface area contributed by atoms with Gasteiger partial charge in [0.05, 0.1) is 0 Å². The predicted molar refractivity (Wildman–Crippen MR) is 64.8 cm³/mol. The van der Waals surface area contributed by atoms with E-state index in [2.05, 4.69) is 11.9 Å². The molecular formula is C12H20N2O3. The van der Waals surface area contributed by atoms with Crippen LogP contribution in [-0.2, 0) is 4.79 Å². The van der Waals surface area contributed by atoms with Crippen molar-refractivity contribution in [3.8, 4) is 0 Å². The third-order valence-corrected chi connectivity index (χ3v) is 3.19. The van der Waals surface area contributed by atoms with Crippen LogP contribution in [0.15, 0.2) is 12.7 Å². The lowest BCUT2D eigenvalue weighted by Crippen LogP contribution is -2.55. The van der Waals surface area contributed by atoms with E-state index in [1.807, 2.05) is 6.92 Å². The van der Waals surface area contributed by atoms with Gasteiger partial charge in [-0.05, 0) is 19.3 Å². The molecule has 5 nitrogen and oxygen atoms in total. The van der Waals surface area contributed by atoms with Crippen molar-refractivity contribution in [3.05, 3.63) is 12.7 Å². The molecule has 0 saturated carbocycles. The summed E-state index contributed by atoms with van der Waals surface area (Å²) in [5, 5.41) is 12.0. The Hall–Kier alpha value is -1.52. The lowest BCUT2D eigenvalue weighted by molar-refractivity contribution is -0.148. The first-order valence-electron chi connectivity index (χ1n) is 5.98. The van der Waals surface area contributed by atoms with Crippen LogP contribution < -0.4 is 5.32 Å². The fourth-order valence-electron chi connectivity index (χ4n) is 2.43. The van der Waals surface area contributed by atoms with Crippen LogP contribution in [0.25, 0.3) is 0 Å². The van der Waals surface area contributed by atoms with Crippen LogP contribution >= 0.6 is 0 Å². The van der Waals surface area contributed by atoms with Gasteiger partial charge >= 0.3 is 12.0 Å². The minimum atomic E-state index is -1.01. The number of carbonyl (C=O) groups is 2. The number of amides is 2. The standard InChI is InChI=1S/C12H20N2O3/c1-3-6-12(10(15)16)7-5-9-14(12)11(17)13-8-4-2/h4H,2-3,5-9H2,1H3,(H,13,17)(H,15,16). The number of hydrogen-bond acceptors (Lipinski definition) is 2. The van der Waals surface area contributed by atoms with Crippen LogP contribution in [0.3, 0.4) is 0 Å². The third-order valence-electron chi connectivity index (χ3n) is 3.19. The van der Waals surface area contributed by atoms with Crippen LogP contribution in [0.4, 0.5) is 4.79 Å². The van der Waals surface area contributed by atoms with Crippen LogP contribution in [0.5, 0.6) is 0 Å². The van der Waals surface area contributed by atoms with Crippen molar-refractivity contribution in [1.82, 2.24) is 10.2 Å². The zero-order chi connectivity index (χ0) is 12.9. The first-order valence-corrected chi connectivity index (χ1v) is 5.98. The number of carboxylic acids is 1. The Kier molecular flexibility index (Phi) is 4.54. The summed E-state index contributed by atoms with van der Waals surface area (Å²) in [6.07, 6.45) is 4.11. The average Bonchev–Trinajstić information content (AvgIpc) is 2.71. The molecule has 2 amide bonds. The summed E-state index contributed by atoms with van der Waals surface area (Å²) < 4.78 is 0. The number of aliphatic carboxylic acids is 1. The van der Waals surface area contributed by atoms with E-state index in [4.69, 9.17) is 0 Å². The van der Waals surface area contributed by atoms with E-state index in [0.717, 1.165) is 12.8 Å². The quantitative estimate of drug-likeness (QED) is 0.717. The van der Waals surface area contributed by atoms with Crippen molar-refractivity contribution in [2.24, 2.45) is 0 Å². The van der Waals surface area contributed by atoms with E-state index in [1.54, 1.807) is 6.08 Å². The van der Waals surface area contributed by atoms with Gasteiger partial charge in [-0.1, -0.05) is 19.4 Å². The number of rotatable bonds is 5. The number of hydrogen-bond donors (Lipinski definition) is 2. The van der Waals surface area contributed by atoms with Gasteiger partial charge in [-0.2, -0.15) is 0 Å². The van der Waals surface area contributed by atoms with Crippen molar-refractivity contribution in [1.29, 1.82) is 0 Å². The van der Waals surface area contributed by atoms with E-state index >= 15 is 0 Å². The molecule has 17 heavy (non-hydrogen) atoms. The maximum Gasteiger partial charge on any atom is 0.329 e. The van der Waals surface area contributed by atoms with Gasteiger partial charge in [0.15, 0.2) is 0 Å². The summed E-state index contributed by atoms with van der Waals surface area (Å²) in [6, 6.07) is -0.307. The number of carbonyl (C=O) groups excluding carboxylic acids is 1. The number of likely N-dealkylation sites (tertiary alicyclic amines) is 1. The molecule has 0 radical (unpaired) electrons. The zero-order valence-corrected chi connectivity index (χ0v) is 10.2. The van der Waals surface area contributed by atoms with Crippen molar-refractivity contribution >= 4 is 12.0 Å². The molecule has 0 spiro atoms. The normalized spacial score (nSPS) is 23.5. The summed E-state index contributed by atoms with van der Waals surface area (Å²) in [7, 11) is 0. The van der Waals surface area contributed by atoms with E-state index in [9.17, 15) is 14.7 Å². The van der Waals surface area contributed by atoms with Gasteiger partial charge in [0.2, 0.25) is 0 Å². The van der Waals surface area contributed by atoms with Crippen molar-refractivity contribution < 1.29 is 14.7 Å².